The molecule has 0 radical (unpaired) electrons. The molecule has 110 valence electrons. The zero-order valence-corrected chi connectivity index (χ0v) is 11.8. The van der Waals surface area contributed by atoms with Gasteiger partial charge in [0.25, 0.3) is 5.69 Å². The smallest absolute Gasteiger partial charge is 0.322 e. The van der Waals surface area contributed by atoms with Gasteiger partial charge in [-0.3, -0.25) is 20.2 Å². The molecule has 8 nitrogen and oxygen atoms in total. The van der Waals surface area contributed by atoms with Crippen molar-refractivity contribution >= 4 is 17.6 Å². The van der Waals surface area contributed by atoms with Gasteiger partial charge in [0.2, 0.25) is 11.8 Å². The number of aromatic nitrogens is 2. The van der Waals surface area contributed by atoms with Gasteiger partial charge in [-0.1, -0.05) is 25.9 Å². The predicted octanol–water partition coefficient (Wildman–Crippen LogP) is 2.63. The van der Waals surface area contributed by atoms with Gasteiger partial charge in [0.05, 0.1) is 4.92 Å². The molecule has 21 heavy (non-hydrogen) atoms. The third-order valence-electron chi connectivity index (χ3n) is 2.65. The van der Waals surface area contributed by atoms with Crippen LogP contribution in [0.3, 0.4) is 0 Å². The quantitative estimate of drug-likeness (QED) is 0.687. The monoisotopic (exact) mass is 290 g/mol. The van der Waals surface area contributed by atoms with E-state index in [1.54, 1.807) is 20.8 Å². The van der Waals surface area contributed by atoms with Gasteiger partial charge in [-0.15, -0.1) is 5.10 Å². The number of rotatable bonds is 3. The molecule has 8 heteroatoms. The Kier molecular flexibility index (Phi) is 3.70. The second kappa shape index (κ2) is 5.31. The van der Waals surface area contributed by atoms with E-state index >= 15 is 0 Å². The number of nitrogens with zero attached hydrogens (tertiary/aromatic N) is 3. The Morgan fingerprint density at radius 3 is 2.38 bits per heavy atom. The van der Waals surface area contributed by atoms with Gasteiger partial charge in [-0.2, -0.15) is 0 Å². The zero-order chi connectivity index (χ0) is 15.6. The molecule has 2 aromatic rings. The molecule has 0 spiro atoms. The summed E-state index contributed by atoms with van der Waals surface area (Å²) in [6, 6.07) is 5.67. The highest BCUT2D eigenvalue weighted by atomic mass is 16.6. The average Bonchev–Trinajstić information content (AvgIpc) is 2.86. The molecule has 0 bridgehead atoms. The lowest BCUT2D eigenvalue weighted by atomic mass is 9.96. The number of nitro benzene ring substituents is 1. The Labute approximate surface area is 120 Å². The summed E-state index contributed by atoms with van der Waals surface area (Å²) in [5.74, 6) is -0.0736. The molecule has 0 atom stereocenters. The minimum Gasteiger partial charge on any atom is -0.403 e. The SMILES string of the molecule is CC(C)(C)C(=O)Nc1nnc(-c2ccc([N+](=O)[O-])cc2)o1. The van der Waals surface area contributed by atoms with Crippen molar-refractivity contribution in [1.82, 2.24) is 10.2 Å². The predicted molar refractivity (Wildman–Crippen MR) is 74.5 cm³/mol. The lowest BCUT2D eigenvalue weighted by Crippen LogP contribution is -2.27. The second-order valence-electron chi connectivity index (χ2n) is 5.42. The lowest BCUT2D eigenvalue weighted by Gasteiger charge is -2.15. The maximum absolute atomic E-state index is 11.8. The van der Waals surface area contributed by atoms with Crippen LogP contribution in [0.5, 0.6) is 0 Å². The van der Waals surface area contributed by atoms with E-state index < -0.39 is 10.3 Å². The molecule has 0 aliphatic rings. The largest absolute Gasteiger partial charge is 0.403 e. The fourth-order valence-electron chi connectivity index (χ4n) is 1.40. The molecule has 0 unspecified atom stereocenters. The van der Waals surface area contributed by atoms with Crippen LogP contribution in [0, 0.1) is 15.5 Å². The van der Waals surface area contributed by atoms with Gasteiger partial charge in [0.1, 0.15) is 0 Å². The van der Waals surface area contributed by atoms with Crippen LogP contribution in [0.15, 0.2) is 28.7 Å². The maximum Gasteiger partial charge on any atom is 0.322 e. The summed E-state index contributed by atoms with van der Waals surface area (Å²) >= 11 is 0. The van der Waals surface area contributed by atoms with Gasteiger partial charge < -0.3 is 4.42 Å². The third kappa shape index (κ3) is 3.41. The Bertz CT molecular complexity index is 670. The summed E-state index contributed by atoms with van der Waals surface area (Å²) in [7, 11) is 0. The summed E-state index contributed by atoms with van der Waals surface area (Å²) in [4.78, 5) is 21.9. The zero-order valence-electron chi connectivity index (χ0n) is 11.8. The van der Waals surface area contributed by atoms with Crippen LogP contribution < -0.4 is 5.32 Å². The van der Waals surface area contributed by atoms with Crippen molar-refractivity contribution in [3.05, 3.63) is 34.4 Å². The molecule has 0 saturated heterocycles. The molecular formula is C13H14N4O4. The van der Waals surface area contributed by atoms with Gasteiger partial charge in [0.15, 0.2) is 0 Å². The standard InChI is InChI=1S/C13H14N4O4/c1-13(2,3)11(18)14-12-16-15-10(21-12)8-4-6-9(7-5-8)17(19)20/h4-7H,1-3H3,(H,14,16,18). The number of hydrogen-bond acceptors (Lipinski definition) is 6. The number of carbonyl (C=O) groups is 1. The number of amides is 1. The van der Waals surface area contributed by atoms with E-state index in [1.165, 1.54) is 24.3 Å². The molecule has 1 heterocycles. The highest BCUT2D eigenvalue weighted by molar-refractivity contribution is 5.92. The van der Waals surface area contributed by atoms with E-state index in [1.807, 2.05) is 0 Å². The van der Waals surface area contributed by atoms with Crippen molar-refractivity contribution in [2.24, 2.45) is 5.41 Å². The van der Waals surface area contributed by atoms with Gasteiger partial charge >= 0.3 is 6.01 Å². The molecule has 1 aromatic carbocycles. The average molecular weight is 290 g/mol. The highest BCUT2D eigenvalue weighted by Crippen LogP contribution is 2.23. The van der Waals surface area contributed by atoms with E-state index in [0.29, 0.717) is 5.56 Å². The van der Waals surface area contributed by atoms with Crippen LogP contribution in [-0.2, 0) is 4.79 Å². The molecular weight excluding hydrogens is 276 g/mol. The van der Waals surface area contributed by atoms with Crippen LogP contribution in [0.1, 0.15) is 20.8 Å². The number of anilines is 1. The van der Waals surface area contributed by atoms with Crippen LogP contribution in [0.4, 0.5) is 11.7 Å². The maximum atomic E-state index is 11.8. The van der Waals surface area contributed by atoms with Crippen molar-refractivity contribution in [2.75, 3.05) is 5.32 Å². The molecule has 1 N–H and O–H groups in total. The molecule has 0 aliphatic heterocycles. The molecule has 1 amide bonds. The Morgan fingerprint density at radius 2 is 1.86 bits per heavy atom. The first-order chi connectivity index (χ1) is 9.77. The topological polar surface area (TPSA) is 111 Å². The van der Waals surface area contributed by atoms with Gasteiger partial charge in [-0.05, 0) is 12.1 Å². The fraction of sp³-hybridized carbons (Fsp3) is 0.308. The first kappa shape index (κ1) is 14.6. The fourth-order valence-corrected chi connectivity index (χ4v) is 1.40. The molecule has 0 saturated carbocycles. The number of carbonyl (C=O) groups excluding carboxylic acids is 1. The Hall–Kier alpha value is -2.77. The molecule has 2 rings (SSSR count). The summed E-state index contributed by atoms with van der Waals surface area (Å²) in [5.41, 5.74) is -0.0778. The third-order valence-corrected chi connectivity index (χ3v) is 2.65. The normalized spacial score (nSPS) is 11.2. The summed E-state index contributed by atoms with van der Waals surface area (Å²) < 4.78 is 5.31. The van der Waals surface area contributed by atoms with E-state index in [4.69, 9.17) is 4.42 Å². The van der Waals surface area contributed by atoms with Crippen molar-refractivity contribution < 1.29 is 14.1 Å². The van der Waals surface area contributed by atoms with Crippen molar-refractivity contribution in [1.29, 1.82) is 0 Å². The van der Waals surface area contributed by atoms with E-state index in [2.05, 4.69) is 15.5 Å². The molecule has 0 aliphatic carbocycles. The first-order valence-corrected chi connectivity index (χ1v) is 6.17. The van der Waals surface area contributed by atoms with E-state index in [0.717, 1.165) is 0 Å². The van der Waals surface area contributed by atoms with Crippen LogP contribution in [-0.4, -0.2) is 21.0 Å². The van der Waals surface area contributed by atoms with Crippen LogP contribution in [0.2, 0.25) is 0 Å². The molecule has 1 aromatic heterocycles. The van der Waals surface area contributed by atoms with Crippen molar-refractivity contribution in [3.8, 4) is 11.5 Å². The Morgan fingerprint density at radius 1 is 1.24 bits per heavy atom. The number of nitrogens with one attached hydrogen (secondary N) is 1. The summed E-state index contributed by atoms with van der Waals surface area (Å²) in [6.07, 6.45) is 0. The lowest BCUT2D eigenvalue weighted by molar-refractivity contribution is -0.384. The van der Waals surface area contributed by atoms with Crippen molar-refractivity contribution in [3.63, 3.8) is 0 Å². The summed E-state index contributed by atoms with van der Waals surface area (Å²) in [5, 5.41) is 20.6. The second-order valence-corrected chi connectivity index (χ2v) is 5.42. The highest BCUT2D eigenvalue weighted by Gasteiger charge is 2.23. The van der Waals surface area contributed by atoms with E-state index in [-0.39, 0.29) is 23.5 Å². The van der Waals surface area contributed by atoms with Crippen molar-refractivity contribution in [2.45, 2.75) is 20.8 Å². The first-order valence-electron chi connectivity index (χ1n) is 6.17. The molecule has 0 fully saturated rings. The number of non-ortho nitro benzene ring substituents is 1. The van der Waals surface area contributed by atoms with Crippen LogP contribution in [0.25, 0.3) is 11.5 Å². The van der Waals surface area contributed by atoms with Crippen LogP contribution >= 0.6 is 0 Å². The van der Waals surface area contributed by atoms with Gasteiger partial charge in [0, 0.05) is 23.1 Å². The summed E-state index contributed by atoms with van der Waals surface area (Å²) in [6.45, 7) is 5.28. The number of nitro groups is 1. The van der Waals surface area contributed by atoms with Gasteiger partial charge in [-0.25, -0.2) is 0 Å². The minimum absolute atomic E-state index is 0.0109. The number of hydrogen-bond donors (Lipinski definition) is 1. The number of benzene rings is 1. The minimum atomic E-state index is -0.581. The Balaban J connectivity index is 2.16. The van der Waals surface area contributed by atoms with E-state index in [9.17, 15) is 14.9 Å².